The van der Waals surface area contributed by atoms with Gasteiger partial charge in [0.2, 0.25) is 0 Å². The van der Waals surface area contributed by atoms with Gasteiger partial charge in [0.15, 0.2) is 0 Å². The Morgan fingerprint density at radius 1 is 1.36 bits per heavy atom. The predicted molar refractivity (Wildman–Crippen MR) is 65.4 cm³/mol. The zero-order valence-corrected chi connectivity index (χ0v) is 10.1. The lowest BCUT2D eigenvalue weighted by Gasteiger charge is -2.24. The van der Waals surface area contributed by atoms with E-state index in [1.54, 1.807) is 6.07 Å². The van der Waals surface area contributed by atoms with Gasteiger partial charge in [0.25, 0.3) is 0 Å². The van der Waals surface area contributed by atoms with Crippen LogP contribution in [0.25, 0.3) is 0 Å². The molecule has 14 heavy (non-hydrogen) atoms. The summed E-state index contributed by atoms with van der Waals surface area (Å²) in [6.45, 7) is 1.11. The Bertz CT molecular complexity index is 321. The standard InChI is InChI=1S/C11H14INO/c12-10-7-8(14)4-5-9(10)11-3-1-2-6-13-11/h4-5,7,11,13-14H,1-3,6H2/t11-/m0/s1. The number of nitrogens with one attached hydrogen (secondary N) is 1. The van der Waals surface area contributed by atoms with Crippen molar-refractivity contribution in [3.8, 4) is 5.75 Å². The normalized spacial score (nSPS) is 22.2. The number of phenolic OH excluding ortho intramolecular Hbond substituents is 1. The van der Waals surface area contributed by atoms with Crippen molar-refractivity contribution < 1.29 is 5.11 Å². The van der Waals surface area contributed by atoms with E-state index in [4.69, 9.17) is 0 Å². The van der Waals surface area contributed by atoms with Crippen molar-refractivity contribution in [1.29, 1.82) is 0 Å². The minimum absolute atomic E-state index is 0.356. The number of hydrogen-bond acceptors (Lipinski definition) is 2. The Morgan fingerprint density at radius 2 is 2.21 bits per heavy atom. The molecule has 2 N–H and O–H groups in total. The van der Waals surface area contributed by atoms with Gasteiger partial charge in [-0.05, 0) is 59.7 Å². The van der Waals surface area contributed by atoms with Gasteiger partial charge in [0, 0.05) is 9.61 Å². The first kappa shape index (κ1) is 10.2. The summed E-state index contributed by atoms with van der Waals surface area (Å²) in [6.07, 6.45) is 3.79. The van der Waals surface area contributed by atoms with Gasteiger partial charge in [-0.25, -0.2) is 0 Å². The van der Waals surface area contributed by atoms with Crippen LogP contribution < -0.4 is 5.32 Å². The highest BCUT2D eigenvalue weighted by atomic mass is 127. The van der Waals surface area contributed by atoms with Crippen LogP contribution in [0.2, 0.25) is 0 Å². The van der Waals surface area contributed by atoms with Gasteiger partial charge in [-0.2, -0.15) is 0 Å². The van der Waals surface area contributed by atoms with E-state index >= 15 is 0 Å². The Balaban J connectivity index is 2.22. The number of benzene rings is 1. The molecule has 2 rings (SSSR count). The van der Waals surface area contributed by atoms with E-state index in [0.29, 0.717) is 11.8 Å². The summed E-state index contributed by atoms with van der Waals surface area (Å²) < 4.78 is 1.15. The summed E-state index contributed by atoms with van der Waals surface area (Å²) in [6, 6.07) is 6.11. The number of aromatic hydroxyl groups is 1. The van der Waals surface area contributed by atoms with Crippen molar-refractivity contribution in [3.63, 3.8) is 0 Å². The smallest absolute Gasteiger partial charge is 0.116 e. The van der Waals surface area contributed by atoms with Crippen LogP contribution in [-0.4, -0.2) is 11.7 Å². The van der Waals surface area contributed by atoms with Crippen molar-refractivity contribution in [3.05, 3.63) is 27.3 Å². The van der Waals surface area contributed by atoms with Crippen LogP contribution in [0.5, 0.6) is 5.75 Å². The largest absolute Gasteiger partial charge is 0.508 e. The molecule has 0 spiro atoms. The first-order valence-corrected chi connectivity index (χ1v) is 6.07. The molecular formula is C11H14INO. The third kappa shape index (κ3) is 2.20. The molecule has 3 heteroatoms. The van der Waals surface area contributed by atoms with Crippen molar-refractivity contribution in [1.82, 2.24) is 5.32 Å². The van der Waals surface area contributed by atoms with Crippen molar-refractivity contribution in [2.45, 2.75) is 25.3 Å². The molecular weight excluding hydrogens is 289 g/mol. The van der Waals surface area contributed by atoms with E-state index in [1.807, 2.05) is 12.1 Å². The first-order chi connectivity index (χ1) is 6.77. The molecule has 0 aliphatic carbocycles. The van der Waals surface area contributed by atoms with Gasteiger partial charge in [-0.1, -0.05) is 12.5 Å². The van der Waals surface area contributed by atoms with Crippen LogP contribution in [0.15, 0.2) is 18.2 Å². The van der Waals surface area contributed by atoms with Gasteiger partial charge < -0.3 is 10.4 Å². The average Bonchev–Trinajstić information content (AvgIpc) is 2.19. The number of rotatable bonds is 1. The monoisotopic (exact) mass is 303 g/mol. The van der Waals surface area contributed by atoms with E-state index in [2.05, 4.69) is 27.9 Å². The number of halogens is 1. The molecule has 0 radical (unpaired) electrons. The maximum absolute atomic E-state index is 9.31. The van der Waals surface area contributed by atoms with E-state index in [1.165, 1.54) is 24.8 Å². The second-order valence-electron chi connectivity index (χ2n) is 3.71. The molecule has 1 aromatic rings. The summed E-state index contributed by atoms with van der Waals surface area (Å²) in [5, 5.41) is 12.8. The lowest BCUT2D eigenvalue weighted by atomic mass is 9.98. The fourth-order valence-corrected chi connectivity index (χ4v) is 2.79. The Labute approximate surface area is 97.9 Å². The summed E-state index contributed by atoms with van der Waals surface area (Å²) in [5.74, 6) is 0.356. The Morgan fingerprint density at radius 3 is 2.86 bits per heavy atom. The van der Waals surface area contributed by atoms with Crippen LogP contribution in [0.3, 0.4) is 0 Å². The molecule has 1 aromatic carbocycles. The van der Waals surface area contributed by atoms with Gasteiger partial charge in [-0.3, -0.25) is 0 Å². The van der Waals surface area contributed by atoms with E-state index in [-0.39, 0.29) is 0 Å². The topological polar surface area (TPSA) is 32.3 Å². The SMILES string of the molecule is Oc1ccc([C@@H]2CCCCN2)c(I)c1. The zero-order valence-electron chi connectivity index (χ0n) is 7.96. The molecule has 1 atom stereocenters. The quantitative estimate of drug-likeness (QED) is 0.782. The average molecular weight is 303 g/mol. The third-order valence-corrected chi connectivity index (χ3v) is 3.60. The Kier molecular flexibility index (Phi) is 3.28. The maximum atomic E-state index is 9.31. The van der Waals surface area contributed by atoms with Gasteiger partial charge in [0.1, 0.15) is 5.75 Å². The number of piperidine rings is 1. The molecule has 1 aliphatic rings. The van der Waals surface area contributed by atoms with Crippen molar-refractivity contribution in [2.24, 2.45) is 0 Å². The lowest BCUT2D eigenvalue weighted by molar-refractivity contribution is 0.410. The molecule has 1 saturated heterocycles. The van der Waals surface area contributed by atoms with Crippen LogP contribution in [-0.2, 0) is 0 Å². The van der Waals surface area contributed by atoms with Crippen LogP contribution >= 0.6 is 22.6 Å². The lowest BCUT2D eigenvalue weighted by Crippen LogP contribution is -2.27. The number of phenols is 1. The molecule has 0 unspecified atom stereocenters. The molecule has 1 heterocycles. The number of hydrogen-bond donors (Lipinski definition) is 2. The molecule has 1 fully saturated rings. The fourth-order valence-electron chi connectivity index (χ4n) is 1.92. The van der Waals surface area contributed by atoms with Gasteiger partial charge in [-0.15, -0.1) is 0 Å². The molecule has 0 amide bonds. The first-order valence-electron chi connectivity index (χ1n) is 4.99. The van der Waals surface area contributed by atoms with Gasteiger partial charge >= 0.3 is 0 Å². The van der Waals surface area contributed by atoms with Crippen LogP contribution in [0.4, 0.5) is 0 Å². The summed E-state index contributed by atoms with van der Waals surface area (Å²) >= 11 is 2.29. The van der Waals surface area contributed by atoms with Crippen molar-refractivity contribution >= 4 is 22.6 Å². The Hall–Kier alpha value is -0.290. The van der Waals surface area contributed by atoms with E-state index < -0.39 is 0 Å². The third-order valence-electron chi connectivity index (χ3n) is 2.67. The zero-order chi connectivity index (χ0) is 9.97. The second-order valence-corrected chi connectivity index (χ2v) is 4.87. The van der Waals surface area contributed by atoms with Crippen LogP contribution in [0.1, 0.15) is 30.9 Å². The molecule has 76 valence electrons. The molecule has 0 bridgehead atoms. The van der Waals surface area contributed by atoms with E-state index in [9.17, 15) is 5.11 Å². The molecule has 2 nitrogen and oxygen atoms in total. The summed E-state index contributed by atoms with van der Waals surface area (Å²) in [7, 11) is 0. The summed E-state index contributed by atoms with van der Waals surface area (Å²) in [5.41, 5.74) is 1.32. The second kappa shape index (κ2) is 4.49. The van der Waals surface area contributed by atoms with Gasteiger partial charge in [0.05, 0.1) is 0 Å². The molecule has 0 saturated carbocycles. The highest BCUT2D eigenvalue weighted by Crippen LogP contribution is 2.28. The maximum Gasteiger partial charge on any atom is 0.116 e. The van der Waals surface area contributed by atoms with Crippen LogP contribution in [0, 0.1) is 3.57 Å². The summed E-state index contributed by atoms with van der Waals surface area (Å²) in [4.78, 5) is 0. The molecule has 0 aromatic heterocycles. The highest BCUT2D eigenvalue weighted by Gasteiger charge is 2.16. The fraction of sp³-hybridized carbons (Fsp3) is 0.455. The predicted octanol–water partition coefficient (Wildman–Crippen LogP) is 2.81. The minimum Gasteiger partial charge on any atom is -0.508 e. The molecule has 1 aliphatic heterocycles. The van der Waals surface area contributed by atoms with Crippen molar-refractivity contribution in [2.75, 3.05) is 6.54 Å². The minimum atomic E-state index is 0.356. The van der Waals surface area contributed by atoms with E-state index in [0.717, 1.165) is 10.1 Å². The highest BCUT2D eigenvalue weighted by molar-refractivity contribution is 14.1.